The fraction of sp³-hybridized carbons (Fsp3) is 0.500. The van der Waals surface area contributed by atoms with Crippen LogP contribution in [0, 0.1) is 0 Å². The first-order valence-corrected chi connectivity index (χ1v) is 5.80. The Morgan fingerprint density at radius 3 is 3.07 bits per heavy atom. The molecule has 0 bridgehead atoms. The molecule has 0 spiro atoms. The van der Waals surface area contributed by atoms with Crippen LogP contribution in [0.5, 0.6) is 0 Å². The monoisotopic (exact) mass is 271 g/mol. The molecular formula is C10H14BrN3O. The van der Waals surface area contributed by atoms with Crippen molar-refractivity contribution in [3.05, 3.63) is 16.7 Å². The van der Waals surface area contributed by atoms with Crippen LogP contribution in [0.4, 0.5) is 11.5 Å². The Hall–Kier alpha value is -0.810. The van der Waals surface area contributed by atoms with Crippen LogP contribution in [0.15, 0.2) is 16.7 Å². The van der Waals surface area contributed by atoms with E-state index in [0.717, 1.165) is 29.5 Å². The largest absolute Gasteiger partial charge is 0.391 e. The van der Waals surface area contributed by atoms with Crippen molar-refractivity contribution < 1.29 is 5.11 Å². The molecule has 1 saturated heterocycles. The summed E-state index contributed by atoms with van der Waals surface area (Å²) in [5.41, 5.74) is 6.63. The molecule has 0 radical (unpaired) electrons. The standard InChI is InChI=1S/C10H14BrN3O/c11-9-4-7(5-13-10(9)12)14-3-1-2-8(15)6-14/h4-5,8,15H,1-3,6H2,(H2,12,13). The van der Waals surface area contributed by atoms with Gasteiger partial charge in [-0.1, -0.05) is 0 Å². The summed E-state index contributed by atoms with van der Waals surface area (Å²) >= 11 is 3.35. The summed E-state index contributed by atoms with van der Waals surface area (Å²) in [6, 6.07) is 1.94. The van der Waals surface area contributed by atoms with Crippen LogP contribution >= 0.6 is 15.9 Å². The van der Waals surface area contributed by atoms with Gasteiger partial charge in [-0.15, -0.1) is 0 Å². The molecule has 1 aromatic rings. The van der Waals surface area contributed by atoms with Crippen LogP contribution in [0.3, 0.4) is 0 Å². The molecule has 1 aromatic heterocycles. The smallest absolute Gasteiger partial charge is 0.137 e. The van der Waals surface area contributed by atoms with Crippen molar-refractivity contribution in [3.63, 3.8) is 0 Å². The van der Waals surface area contributed by atoms with Gasteiger partial charge in [-0.25, -0.2) is 4.98 Å². The van der Waals surface area contributed by atoms with Crippen LogP contribution in [0.1, 0.15) is 12.8 Å². The predicted octanol–water partition coefficient (Wildman–Crippen LogP) is 1.39. The Bertz CT molecular complexity index is 359. The Balaban J connectivity index is 2.18. The summed E-state index contributed by atoms with van der Waals surface area (Å²) in [7, 11) is 0. The maximum Gasteiger partial charge on any atom is 0.137 e. The third kappa shape index (κ3) is 2.41. The zero-order valence-corrected chi connectivity index (χ0v) is 9.94. The molecule has 2 heterocycles. The van der Waals surface area contributed by atoms with Gasteiger partial charge in [0.2, 0.25) is 0 Å². The van der Waals surface area contributed by atoms with Crippen molar-refractivity contribution in [1.29, 1.82) is 0 Å². The lowest BCUT2D eigenvalue weighted by molar-refractivity contribution is 0.154. The number of β-amino-alcohol motifs (C(OH)–C–C–N with tert-alkyl or cyclic N) is 1. The molecular weight excluding hydrogens is 258 g/mol. The molecule has 0 amide bonds. The summed E-state index contributed by atoms with van der Waals surface area (Å²) < 4.78 is 0.806. The topological polar surface area (TPSA) is 62.4 Å². The van der Waals surface area contributed by atoms with E-state index in [4.69, 9.17) is 5.73 Å². The summed E-state index contributed by atoms with van der Waals surface area (Å²) in [5, 5.41) is 9.57. The van der Waals surface area contributed by atoms with Gasteiger partial charge in [-0.2, -0.15) is 0 Å². The second-order valence-electron chi connectivity index (χ2n) is 3.80. The minimum Gasteiger partial charge on any atom is -0.391 e. The normalized spacial score (nSPS) is 21.7. The Morgan fingerprint density at radius 1 is 1.60 bits per heavy atom. The van der Waals surface area contributed by atoms with E-state index in [1.165, 1.54) is 0 Å². The number of rotatable bonds is 1. The molecule has 0 aromatic carbocycles. The molecule has 5 heteroatoms. The number of anilines is 2. The van der Waals surface area contributed by atoms with Crippen molar-refractivity contribution in [2.45, 2.75) is 18.9 Å². The van der Waals surface area contributed by atoms with Gasteiger partial charge in [-0.3, -0.25) is 0 Å². The maximum atomic E-state index is 9.57. The van der Waals surface area contributed by atoms with Crippen LogP contribution in [0.25, 0.3) is 0 Å². The molecule has 1 aliphatic heterocycles. The molecule has 0 saturated carbocycles. The molecule has 15 heavy (non-hydrogen) atoms. The average molecular weight is 272 g/mol. The SMILES string of the molecule is Nc1ncc(N2CCCC(O)C2)cc1Br. The highest BCUT2D eigenvalue weighted by atomic mass is 79.9. The van der Waals surface area contributed by atoms with Gasteiger partial charge < -0.3 is 15.7 Å². The quantitative estimate of drug-likeness (QED) is 0.811. The Kier molecular flexibility index (Phi) is 3.11. The van der Waals surface area contributed by atoms with Gasteiger partial charge in [-0.05, 0) is 34.8 Å². The minimum absolute atomic E-state index is 0.227. The third-order valence-corrected chi connectivity index (χ3v) is 3.25. The van der Waals surface area contributed by atoms with Crippen LogP contribution in [-0.4, -0.2) is 29.3 Å². The average Bonchev–Trinajstić information content (AvgIpc) is 2.22. The van der Waals surface area contributed by atoms with E-state index in [1.54, 1.807) is 6.20 Å². The van der Waals surface area contributed by atoms with E-state index < -0.39 is 0 Å². The van der Waals surface area contributed by atoms with Crippen molar-refractivity contribution in [1.82, 2.24) is 4.98 Å². The van der Waals surface area contributed by atoms with Crippen molar-refractivity contribution in [3.8, 4) is 0 Å². The Labute approximate surface area is 97.2 Å². The summed E-state index contributed by atoms with van der Waals surface area (Å²) in [6.07, 6.45) is 3.43. The second kappa shape index (κ2) is 4.37. The molecule has 3 N–H and O–H groups in total. The summed E-state index contributed by atoms with van der Waals surface area (Å²) in [6.45, 7) is 1.65. The number of nitrogens with two attached hydrogens (primary N) is 1. The minimum atomic E-state index is -0.227. The molecule has 1 atom stereocenters. The highest BCUT2D eigenvalue weighted by Crippen LogP contribution is 2.25. The second-order valence-corrected chi connectivity index (χ2v) is 4.66. The van der Waals surface area contributed by atoms with E-state index in [9.17, 15) is 5.11 Å². The van der Waals surface area contributed by atoms with Crippen molar-refractivity contribution in [2.24, 2.45) is 0 Å². The highest BCUT2D eigenvalue weighted by Gasteiger charge is 2.18. The first-order chi connectivity index (χ1) is 7.16. The van der Waals surface area contributed by atoms with Gasteiger partial charge in [0.1, 0.15) is 5.82 Å². The van der Waals surface area contributed by atoms with Crippen LogP contribution < -0.4 is 10.6 Å². The number of piperidine rings is 1. The first kappa shape index (κ1) is 10.7. The van der Waals surface area contributed by atoms with E-state index in [2.05, 4.69) is 25.8 Å². The van der Waals surface area contributed by atoms with E-state index in [0.29, 0.717) is 12.4 Å². The molecule has 1 aliphatic rings. The number of aliphatic hydroxyl groups excluding tert-OH is 1. The Morgan fingerprint density at radius 2 is 2.40 bits per heavy atom. The van der Waals surface area contributed by atoms with Crippen LogP contribution in [0.2, 0.25) is 0 Å². The molecule has 1 fully saturated rings. The van der Waals surface area contributed by atoms with Gasteiger partial charge in [0.25, 0.3) is 0 Å². The van der Waals surface area contributed by atoms with Crippen LogP contribution in [-0.2, 0) is 0 Å². The first-order valence-electron chi connectivity index (χ1n) is 5.01. The number of aromatic nitrogens is 1. The lowest BCUT2D eigenvalue weighted by atomic mass is 10.1. The predicted molar refractivity (Wildman–Crippen MR) is 63.8 cm³/mol. The summed E-state index contributed by atoms with van der Waals surface area (Å²) in [5.74, 6) is 0.497. The van der Waals surface area contributed by atoms with E-state index >= 15 is 0 Å². The maximum absolute atomic E-state index is 9.57. The number of halogens is 1. The number of aliphatic hydroxyl groups is 1. The molecule has 2 rings (SSSR count). The fourth-order valence-electron chi connectivity index (χ4n) is 1.80. The highest BCUT2D eigenvalue weighted by molar-refractivity contribution is 9.10. The zero-order chi connectivity index (χ0) is 10.8. The number of hydrogen-bond acceptors (Lipinski definition) is 4. The van der Waals surface area contributed by atoms with Gasteiger partial charge >= 0.3 is 0 Å². The molecule has 4 nitrogen and oxygen atoms in total. The molecule has 82 valence electrons. The van der Waals surface area contributed by atoms with E-state index in [-0.39, 0.29) is 6.10 Å². The number of hydrogen-bond donors (Lipinski definition) is 2. The summed E-state index contributed by atoms with van der Waals surface area (Å²) in [4.78, 5) is 6.22. The third-order valence-electron chi connectivity index (χ3n) is 2.62. The number of pyridine rings is 1. The van der Waals surface area contributed by atoms with E-state index in [1.807, 2.05) is 6.07 Å². The van der Waals surface area contributed by atoms with Gasteiger partial charge in [0.15, 0.2) is 0 Å². The van der Waals surface area contributed by atoms with Crippen molar-refractivity contribution in [2.75, 3.05) is 23.7 Å². The van der Waals surface area contributed by atoms with Gasteiger partial charge in [0.05, 0.1) is 22.5 Å². The van der Waals surface area contributed by atoms with Gasteiger partial charge in [0, 0.05) is 13.1 Å². The lowest BCUT2D eigenvalue weighted by Crippen LogP contribution is -2.38. The number of nitrogens with zero attached hydrogens (tertiary/aromatic N) is 2. The zero-order valence-electron chi connectivity index (χ0n) is 8.36. The lowest BCUT2D eigenvalue weighted by Gasteiger charge is -2.31. The molecule has 1 unspecified atom stereocenters. The number of nitrogen functional groups attached to an aromatic ring is 1. The fourth-order valence-corrected chi connectivity index (χ4v) is 2.14. The molecule has 0 aliphatic carbocycles. The van der Waals surface area contributed by atoms with Crippen molar-refractivity contribution >= 4 is 27.4 Å².